The number of hydrogen-bond donors (Lipinski definition) is 0. The lowest BCUT2D eigenvalue weighted by Crippen LogP contribution is -1.97. The molecule has 0 spiro atoms. The van der Waals surface area contributed by atoms with E-state index >= 15 is 0 Å². The van der Waals surface area contributed by atoms with Gasteiger partial charge in [-0.3, -0.25) is 0 Å². The molecule has 1 heterocycles. The van der Waals surface area contributed by atoms with Crippen LogP contribution in [0.25, 0.3) is 16.8 Å². The Morgan fingerprint density at radius 1 is 1.00 bits per heavy atom. The molecule has 100 valence electrons. The third-order valence-corrected chi connectivity index (χ3v) is 3.09. The fourth-order valence-corrected chi connectivity index (χ4v) is 2.07. The minimum Gasteiger partial charge on any atom is -0.494 e. The summed E-state index contributed by atoms with van der Waals surface area (Å²) in [5.74, 6) is 0.507. The normalized spacial score (nSPS) is 10.5. The number of aromatic nitrogens is 2. The van der Waals surface area contributed by atoms with E-state index in [0.29, 0.717) is 0 Å². The quantitative estimate of drug-likeness (QED) is 0.724. The van der Waals surface area contributed by atoms with Gasteiger partial charge in [-0.05, 0) is 29.8 Å². The summed E-state index contributed by atoms with van der Waals surface area (Å²) in [4.78, 5) is 0. The van der Waals surface area contributed by atoms with Gasteiger partial charge in [0.2, 0.25) is 0 Å². The second-order valence-electron chi connectivity index (χ2n) is 4.35. The van der Waals surface area contributed by atoms with E-state index in [2.05, 4.69) is 5.10 Å². The highest BCUT2D eigenvalue weighted by Crippen LogP contribution is 2.25. The van der Waals surface area contributed by atoms with Gasteiger partial charge >= 0.3 is 0 Å². The third kappa shape index (κ3) is 2.28. The Labute approximate surface area is 116 Å². The lowest BCUT2D eigenvalue weighted by Gasteiger charge is -2.07. The van der Waals surface area contributed by atoms with E-state index < -0.39 is 0 Å². The Bertz CT molecular complexity index is 719. The first kappa shape index (κ1) is 12.4. The van der Waals surface area contributed by atoms with Crippen molar-refractivity contribution in [3.63, 3.8) is 0 Å². The minimum atomic E-state index is -0.245. The smallest absolute Gasteiger partial charge is 0.144 e. The van der Waals surface area contributed by atoms with Crippen LogP contribution in [-0.4, -0.2) is 16.9 Å². The van der Waals surface area contributed by atoms with Crippen LogP contribution in [0.3, 0.4) is 0 Å². The standard InChI is InChI=1S/C16H13FN2O/c1-20-16-5-3-2-4-15(16)19-11-13(10-18-19)12-6-8-14(17)9-7-12/h2-11H,1H3. The molecule has 0 amide bonds. The van der Waals surface area contributed by atoms with Crippen LogP contribution in [-0.2, 0) is 0 Å². The average molecular weight is 268 g/mol. The lowest BCUT2D eigenvalue weighted by molar-refractivity contribution is 0.411. The Hall–Kier alpha value is -2.62. The van der Waals surface area contributed by atoms with Crippen molar-refractivity contribution in [2.45, 2.75) is 0 Å². The Balaban J connectivity index is 2.00. The molecule has 0 bridgehead atoms. The molecule has 0 aliphatic rings. The van der Waals surface area contributed by atoms with E-state index in [1.807, 2.05) is 30.5 Å². The van der Waals surface area contributed by atoms with Crippen LogP contribution in [0, 0.1) is 5.82 Å². The number of rotatable bonds is 3. The highest BCUT2D eigenvalue weighted by molar-refractivity contribution is 5.62. The second kappa shape index (κ2) is 5.17. The van der Waals surface area contributed by atoms with Gasteiger partial charge in [-0.15, -0.1) is 0 Å². The van der Waals surface area contributed by atoms with Crippen molar-refractivity contribution in [3.05, 3.63) is 66.7 Å². The van der Waals surface area contributed by atoms with Crippen molar-refractivity contribution >= 4 is 0 Å². The molecule has 4 heteroatoms. The van der Waals surface area contributed by atoms with Gasteiger partial charge in [0.25, 0.3) is 0 Å². The molecule has 0 atom stereocenters. The fourth-order valence-electron chi connectivity index (χ4n) is 2.07. The first-order valence-corrected chi connectivity index (χ1v) is 6.22. The number of nitrogens with zero attached hydrogens (tertiary/aromatic N) is 2. The highest BCUT2D eigenvalue weighted by Gasteiger charge is 2.07. The summed E-state index contributed by atoms with van der Waals surface area (Å²) in [5.41, 5.74) is 2.71. The molecule has 3 nitrogen and oxygen atoms in total. The summed E-state index contributed by atoms with van der Waals surface area (Å²) in [6.45, 7) is 0. The number of para-hydroxylation sites is 2. The monoisotopic (exact) mass is 268 g/mol. The van der Waals surface area contributed by atoms with E-state index in [1.165, 1.54) is 12.1 Å². The van der Waals surface area contributed by atoms with Gasteiger partial charge in [0.05, 0.1) is 13.3 Å². The summed E-state index contributed by atoms with van der Waals surface area (Å²) in [7, 11) is 1.63. The van der Waals surface area contributed by atoms with Crippen LogP contribution in [0.1, 0.15) is 0 Å². The third-order valence-electron chi connectivity index (χ3n) is 3.09. The number of ether oxygens (including phenoxy) is 1. The van der Waals surface area contributed by atoms with E-state index in [4.69, 9.17) is 4.74 Å². The maximum absolute atomic E-state index is 12.9. The van der Waals surface area contributed by atoms with Crippen molar-refractivity contribution in [1.82, 2.24) is 9.78 Å². The Kier molecular flexibility index (Phi) is 3.21. The molecule has 3 rings (SSSR count). The Morgan fingerprint density at radius 2 is 1.75 bits per heavy atom. The summed E-state index contributed by atoms with van der Waals surface area (Å²) < 4.78 is 20.0. The van der Waals surface area contributed by atoms with E-state index in [9.17, 15) is 4.39 Å². The molecule has 0 N–H and O–H groups in total. The van der Waals surface area contributed by atoms with Crippen LogP contribution in [0.4, 0.5) is 4.39 Å². The molecule has 0 saturated carbocycles. The number of hydrogen-bond acceptors (Lipinski definition) is 2. The fraction of sp³-hybridized carbons (Fsp3) is 0.0625. The summed E-state index contributed by atoms with van der Waals surface area (Å²) >= 11 is 0. The van der Waals surface area contributed by atoms with Gasteiger partial charge < -0.3 is 4.74 Å². The molecule has 20 heavy (non-hydrogen) atoms. The van der Waals surface area contributed by atoms with Gasteiger partial charge in [-0.25, -0.2) is 9.07 Å². The van der Waals surface area contributed by atoms with Crippen molar-refractivity contribution in [3.8, 4) is 22.6 Å². The molecule has 3 aromatic rings. The van der Waals surface area contributed by atoms with Gasteiger partial charge in [0.15, 0.2) is 0 Å². The summed E-state index contributed by atoms with van der Waals surface area (Å²) in [6, 6.07) is 14.0. The molecule has 0 unspecified atom stereocenters. The average Bonchev–Trinajstić information content (AvgIpc) is 2.97. The maximum atomic E-state index is 12.9. The van der Waals surface area contributed by atoms with Gasteiger partial charge in [0.1, 0.15) is 17.3 Å². The predicted octanol–water partition coefficient (Wildman–Crippen LogP) is 3.69. The van der Waals surface area contributed by atoms with Crippen molar-refractivity contribution in [2.24, 2.45) is 0 Å². The summed E-state index contributed by atoms with van der Waals surface area (Å²) in [5, 5.41) is 4.34. The van der Waals surface area contributed by atoms with E-state index in [0.717, 1.165) is 22.6 Å². The van der Waals surface area contributed by atoms with Crippen molar-refractivity contribution < 1.29 is 9.13 Å². The van der Waals surface area contributed by atoms with Crippen molar-refractivity contribution in [2.75, 3.05) is 7.11 Å². The Morgan fingerprint density at radius 3 is 2.50 bits per heavy atom. The van der Waals surface area contributed by atoms with Crippen LogP contribution >= 0.6 is 0 Å². The van der Waals surface area contributed by atoms with Crippen LogP contribution in [0.2, 0.25) is 0 Å². The van der Waals surface area contributed by atoms with Crippen LogP contribution in [0.15, 0.2) is 60.9 Å². The lowest BCUT2D eigenvalue weighted by atomic mass is 10.1. The number of halogens is 1. The molecular weight excluding hydrogens is 255 g/mol. The van der Waals surface area contributed by atoms with Gasteiger partial charge in [-0.1, -0.05) is 24.3 Å². The molecular formula is C16H13FN2O. The minimum absolute atomic E-state index is 0.245. The van der Waals surface area contributed by atoms with Crippen LogP contribution in [0.5, 0.6) is 5.75 Å². The molecule has 0 radical (unpaired) electrons. The van der Waals surface area contributed by atoms with E-state index in [-0.39, 0.29) is 5.82 Å². The molecule has 0 saturated heterocycles. The first-order valence-electron chi connectivity index (χ1n) is 6.22. The summed E-state index contributed by atoms with van der Waals surface area (Å²) in [6.07, 6.45) is 3.64. The SMILES string of the molecule is COc1ccccc1-n1cc(-c2ccc(F)cc2)cn1. The van der Waals surface area contributed by atoms with Crippen molar-refractivity contribution in [1.29, 1.82) is 0 Å². The second-order valence-corrected chi connectivity index (χ2v) is 4.35. The molecule has 0 aliphatic carbocycles. The first-order chi connectivity index (χ1) is 9.78. The zero-order valence-electron chi connectivity index (χ0n) is 11.0. The highest BCUT2D eigenvalue weighted by atomic mass is 19.1. The van der Waals surface area contributed by atoms with E-state index in [1.54, 1.807) is 30.1 Å². The number of methoxy groups -OCH3 is 1. The molecule has 1 aromatic heterocycles. The van der Waals surface area contributed by atoms with Gasteiger partial charge in [-0.2, -0.15) is 5.10 Å². The maximum Gasteiger partial charge on any atom is 0.144 e. The van der Waals surface area contributed by atoms with Crippen LogP contribution < -0.4 is 4.74 Å². The molecule has 0 fully saturated rings. The molecule has 0 aliphatic heterocycles. The zero-order valence-corrected chi connectivity index (χ0v) is 11.0. The predicted molar refractivity (Wildman–Crippen MR) is 75.5 cm³/mol. The number of benzene rings is 2. The topological polar surface area (TPSA) is 27.1 Å². The molecule has 2 aromatic carbocycles. The largest absolute Gasteiger partial charge is 0.494 e. The zero-order chi connectivity index (χ0) is 13.9. The van der Waals surface area contributed by atoms with Gasteiger partial charge in [0, 0.05) is 11.8 Å².